The lowest BCUT2D eigenvalue weighted by Gasteiger charge is -2.25. The Hall–Kier alpha value is -1.39. The van der Waals surface area contributed by atoms with Crippen molar-refractivity contribution < 1.29 is 14.3 Å². The molecule has 0 aliphatic rings. The summed E-state index contributed by atoms with van der Waals surface area (Å²) in [5, 5.41) is 0. The van der Waals surface area contributed by atoms with Crippen LogP contribution in [0.3, 0.4) is 0 Å². The summed E-state index contributed by atoms with van der Waals surface area (Å²) in [7, 11) is 3.36. The van der Waals surface area contributed by atoms with Gasteiger partial charge in [0.25, 0.3) is 0 Å². The highest BCUT2D eigenvalue weighted by molar-refractivity contribution is 5.75. The standard InChI is InChI=1S/C16H25NO3/c1-13(2)10-17(7-8-19-3)11-15-9-14(12-18)5-6-16(15)20-4/h5-6,9,12-13H,7-8,10-11H2,1-4H3. The Morgan fingerprint density at radius 1 is 1.30 bits per heavy atom. The Balaban J connectivity index is 2.86. The van der Waals surface area contributed by atoms with Crippen LogP contribution in [0.5, 0.6) is 5.75 Å². The minimum atomic E-state index is 0.576. The molecule has 1 rings (SSSR count). The van der Waals surface area contributed by atoms with Crippen molar-refractivity contribution in [2.24, 2.45) is 5.92 Å². The van der Waals surface area contributed by atoms with Crippen LogP contribution in [0.15, 0.2) is 18.2 Å². The molecule has 0 unspecified atom stereocenters. The molecule has 4 heteroatoms. The minimum absolute atomic E-state index is 0.576. The van der Waals surface area contributed by atoms with Gasteiger partial charge in [-0.05, 0) is 24.1 Å². The normalized spacial score (nSPS) is 11.1. The first-order valence-electron chi connectivity index (χ1n) is 6.94. The van der Waals surface area contributed by atoms with Gasteiger partial charge in [0.1, 0.15) is 12.0 Å². The molecule has 0 aromatic heterocycles. The average molecular weight is 279 g/mol. The van der Waals surface area contributed by atoms with Crippen molar-refractivity contribution in [3.8, 4) is 5.75 Å². The number of methoxy groups -OCH3 is 2. The van der Waals surface area contributed by atoms with E-state index in [2.05, 4.69) is 18.7 Å². The molecule has 0 saturated heterocycles. The molecule has 0 N–H and O–H groups in total. The first-order valence-corrected chi connectivity index (χ1v) is 6.94. The zero-order valence-electron chi connectivity index (χ0n) is 12.9. The van der Waals surface area contributed by atoms with Gasteiger partial charge in [0.15, 0.2) is 0 Å². The molecule has 1 aromatic carbocycles. The van der Waals surface area contributed by atoms with Crippen LogP contribution in [0.25, 0.3) is 0 Å². The summed E-state index contributed by atoms with van der Waals surface area (Å²) < 4.78 is 10.5. The van der Waals surface area contributed by atoms with Gasteiger partial charge < -0.3 is 9.47 Å². The Morgan fingerprint density at radius 3 is 2.60 bits per heavy atom. The predicted molar refractivity (Wildman–Crippen MR) is 80.4 cm³/mol. The summed E-state index contributed by atoms with van der Waals surface area (Å²) in [5.74, 6) is 1.40. The van der Waals surface area contributed by atoms with Crippen molar-refractivity contribution in [1.29, 1.82) is 0 Å². The molecule has 0 saturated carbocycles. The largest absolute Gasteiger partial charge is 0.496 e. The van der Waals surface area contributed by atoms with Crippen molar-refractivity contribution in [2.45, 2.75) is 20.4 Å². The van der Waals surface area contributed by atoms with E-state index in [1.807, 2.05) is 12.1 Å². The fraction of sp³-hybridized carbons (Fsp3) is 0.562. The second-order valence-electron chi connectivity index (χ2n) is 5.31. The smallest absolute Gasteiger partial charge is 0.150 e. The highest BCUT2D eigenvalue weighted by Gasteiger charge is 2.12. The minimum Gasteiger partial charge on any atom is -0.496 e. The fourth-order valence-corrected chi connectivity index (χ4v) is 2.21. The number of carbonyl (C=O) groups is 1. The van der Waals surface area contributed by atoms with Crippen molar-refractivity contribution in [1.82, 2.24) is 4.90 Å². The molecule has 0 heterocycles. The zero-order valence-corrected chi connectivity index (χ0v) is 12.9. The highest BCUT2D eigenvalue weighted by atomic mass is 16.5. The molecule has 0 bridgehead atoms. The molecule has 0 aliphatic heterocycles. The van der Waals surface area contributed by atoms with Gasteiger partial charge in [-0.2, -0.15) is 0 Å². The van der Waals surface area contributed by atoms with E-state index in [0.29, 0.717) is 18.1 Å². The SMILES string of the molecule is COCCN(Cc1cc(C=O)ccc1OC)CC(C)C. The zero-order chi connectivity index (χ0) is 15.0. The van der Waals surface area contributed by atoms with Crippen LogP contribution >= 0.6 is 0 Å². The number of ether oxygens (including phenoxy) is 2. The Bertz CT molecular complexity index is 418. The first kappa shape index (κ1) is 16.7. The van der Waals surface area contributed by atoms with Gasteiger partial charge in [0.05, 0.1) is 13.7 Å². The van der Waals surface area contributed by atoms with Crippen LogP contribution in [-0.2, 0) is 11.3 Å². The Kier molecular flexibility index (Phi) is 7.26. The number of aldehydes is 1. The van der Waals surface area contributed by atoms with Crippen molar-refractivity contribution in [3.05, 3.63) is 29.3 Å². The number of benzene rings is 1. The predicted octanol–water partition coefficient (Wildman–Crippen LogP) is 2.61. The first-order chi connectivity index (χ1) is 9.60. The van der Waals surface area contributed by atoms with Gasteiger partial charge >= 0.3 is 0 Å². The topological polar surface area (TPSA) is 38.8 Å². The Morgan fingerprint density at radius 2 is 2.05 bits per heavy atom. The second-order valence-corrected chi connectivity index (χ2v) is 5.31. The van der Waals surface area contributed by atoms with E-state index in [9.17, 15) is 4.79 Å². The van der Waals surface area contributed by atoms with E-state index < -0.39 is 0 Å². The summed E-state index contributed by atoms with van der Waals surface area (Å²) >= 11 is 0. The second kappa shape index (κ2) is 8.72. The van der Waals surface area contributed by atoms with E-state index >= 15 is 0 Å². The van der Waals surface area contributed by atoms with E-state index in [0.717, 1.165) is 37.2 Å². The van der Waals surface area contributed by atoms with Gasteiger partial charge in [0, 0.05) is 37.9 Å². The number of nitrogens with zero attached hydrogens (tertiary/aromatic N) is 1. The average Bonchev–Trinajstić information content (AvgIpc) is 2.44. The number of carbonyl (C=O) groups excluding carboxylic acids is 1. The van der Waals surface area contributed by atoms with Gasteiger partial charge in [-0.25, -0.2) is 0 Å². The fourth-order valence-electron chi connectivity index (χ4n) is 2.21. The lowest BCUT2D eigenvalue weighted by Crippen LogP contribution is -2.30. The highest BCUT2D eigenvalue weighted by Crippen LogP contribution is 2.21. The third kappa shape index (κ3) is 5.31. The lowest BCUT2D eigenvalue weighted by molar-refractivity contribution is 0.112. The van der Waals surface area contributed by atoms with E-state index in [1.165, 1.54) is 0 Å². The number of hydrogen-bond donors (Lipinski definition) is 0. The lowest BCUT2D eigenvalue weighted by atomic mass is 10.1. The maximum atomic E-state index is 10.9. The van der Waals surface area contributed by atoms with Crippen molar-refractivity contribution in [3.63, 3.8) is 0 Å². The molecule has 20 heavy (non-hydrogen) atoms. The van der Waals surface area contributed by atoms with Gasteiger partial charge in [-0.1, -0.05) is 13.8 Å². The maximum absolute atomic E-state index is 10.9. The van der Waals surface area contributed by atoms with Crippen molar-refractivity contribution in [2.75, 3.05) is 33.9 Å². The molecule has 0 amide bonds. The van der Waals surface area contributed by atoms with Crippen LogP contribution in [0, 0.1) is 5.92 Å². The molecule has 0 atom stereocenters. The summed E-state index contributed by atoms with van der Waals surface area (Å²) in [4.78, 5) is 13.2. The van der Waals surface area contributed by atoms with Crippen LogP contribution in [-0.4, -0.2) is 45.1 Å². The van der Waals surface area contributed by atoms with Crippen LogP contribution in [0.1, 0.15) is 29.8 Å². The third-order valence-corrected chi connectivity index (χ3v) is 3.07. The maximum Gasteiger partial charge on any atom is 0.150 e. The van der Waals surface area contributed by atoms with Gasteiger partial charge in [-0.3, -0.25) is 9.69 Å². The summed E-state index contributed by atoms with van der Waals surface area (Å²) in [6.45, 7) is 7.69. The molecular weight excluding hydrogens is 254 g/mol. The van der Waals surface area contributed by atoms with Gasteiger partial charge in [0.2, 0.25) is 0 Å². The number of hydrogen-bond acceptors (Lipinski definition) is 4. The third-order valence-electron chi connectivity index (χ3n) is 3.07. The molecule has 1 aromatic rings. The van der Waals surface area contributed by atoms with E-state index in [-0.39, 0.29) is 0 Å². The summed E-state index contributed by atoms with van der Waals surface area (Å²) in [5.41, 5.74) is 1.71. The molecule has 0 radical (unpaired) electrons. The molecular formula is C16H25NO3. The number of rotatable bonds is 9. The quantitative estimate of drug-likeness (QED) is 0.651. The van der Waals surface area contributed by atoms with Crippen LogP contribution < -0.4 is 4.74 Å². The van der Waals surface area contributed by atoms with Crippen molar-refractivity contribution >= 4 is 6.29 Å². The van der Waals surface area contributed by atoms with Crippen LogP contribution in [0.4, 0.5) is 0 Å². The molecule has 4 nitrogen and oxygen atoms in total. The Labute approximate surface area is 121 Å². The summed E-state index contributed by atoms with van der Waals surface area (Å²) in [6.07, 6.45) is 0.866. The monoisotopic (exact) mass is 279 g/mol. The van der Waals surface area contributed by atoms with Gasteiger partial charge in [-0.15, -0.1) is 0 Å². The molecule has 0 spiro atoms. The molecule has 0 aliphatic carbocycles. The van der Waals surface area contributed by atoms with E-state index in [4.69, 9.17) is 9.47 Å². The molecule has 112 valence electrons. The molecule has 0 fully saturated rings. The van der Waals surface area contributed by atoms with Crippen LogP contribution in [0.2, 0.25) is 0 Å². The summed E-state index contributed by atoms with van der Waals surface area (Å²) in [6, 6.07) is 5.52. The van der Waals surface area contributed by atoms with E-state index in [1.54, 1.807) is 20.3 Å².